The van der Waals surface area contributed by atoms with Crippen LogP contribution >= 0.6 is 0 Å². The molecular weight excluding hydrogens is 256 g/mol. The highest BCUT2D eigenvalue weighted by Crippen LogP contribution is 2.30. The Hall–Kier alpha value is -1.81. The molecule has 0 bridgehead atoms. The summed E-state index contributed by atoms with van der Waals surface area (Å²) in [6.07, 6.45) is 2.12. The SMILES string of the molecule is COC(=O)[C@H]1C[C@H](Oc2ccccc2)C(C)=C[C@@H]1OC. The van der Waals surface area contributed by atoms with E-state index in [2.05, 4.69) is 0 Å². The van der Waals surface area contributed by atoms with E-state index in [9.17, 15) is 4.79 Å². The van der Waals surface area contributed by atoms with E-state index in [1.807, 2.05) is 43.3 Å². The van der Waals surface area contributed by atoms with Crippen LogP contribution in [0.4, 0.5) is 0 Å². The van der Waals surface area contributed by atoms with Gasteiger partial charge in [-0.3, -0.25) is 4.79 Å². The number of esters is 1. The molecule has 3 atom stereocenters. The van der Waals surface area contributed by atoms with Crippen molar-refractivity contribution in [1.29, 1.82) is 0 Å². The van der Waals surface area contributed by atoms with Crippen molar-refractivity contribution in [2.24, 2.45) is 5.92 Å². The van der Waals surface area contributed by atoms with Gasteiger partial charge >= 0.3 is 5.97 Å². The maximum Gasteiger partial charge on any atom is 0.311 e. The van der Waals surface area contributed by atoms with Gasteiger partial charge in [0.2, 0.25) is 0 Å². The zero-order chi connectivity index (χ0) is 14.5. The van der Waals surface area contributed by atoms with E-state index in [1.54, 1.807) is 7.11 Å². The van der Waals surface area contributed by atoms with Gasteiger partial charge in [0.1, 0.15) is 11.9 Å². The molecule has 2 rings (SSSR count). The summed E-state index contributed by atoms with van der Waals surface area (Å²) in [5.41, 5.74) is 1.07. The lowest BCUT2D eigenvalue weighted by atomic mass is 9.85. The number of benzene rings is 1. The average Bonchev–Trinajstić information content (AvgIpc) is 2.49. The van der Waals surface area contributed by atoms with Crippen molar-refractivity contribution in [3.63, 3.8) is 0 Å². The Kier molecular flexibility index (Phi) is 4.79. The lowest BCUT2D eigenvalue weighted by Gasteiger charge is -2.32. The molecule has 0 N–H and O–H groups in total. The van der Waals surface area contributed by atoms with Crippen LogP contribution in [0, 0.1) is 5.92 Å². The number of hydrogen-bond acceptors (Lipinski definition) is 4. The zero-order valence-electron chi connectivity index (χ0n) is 12.0. The molecule has 0 unspecified atom stereocenters. The molecule has 0 spiro atoms. The molecule has 108 valence electrons. The number of methoxy groups -OCH3 is 2. The van der Waals surface area contributed by atoms with Crippen molar-refractivity contribution in [2.45, 2.75) is 25.6 Å². The van der Waals surface area contributed by atoms with Crippen LogP contribution in [0.2, 0.25) is 0 Å². The van der Waals surface area contributed by atoms with E-state index in [1.165, 1.54) is 7.11 Å². The Balaban J connectivity index is 2.16. The van der Waals surface area contributed by atoms with E-state index in [0.29, 0.717) is 6.42 Å². The van der Waals surface area contributed by atoms with Crippen molar-refractivity contribution in [2.75, 3.05) is 14.2 Å². The second-order valence-corrected chi connectivity index (χ2v) is 4.90. The van der Waals surface area contributed by atoms with E-state index in [-0.39, 0.29) is 24.1 Å². The highest BCUT2D eigenvalue weighted by Gasteiger charge is 2.36. The molecule has 0 fully saturated rings. The molecule has 0 radical (unpaired) electrons. The normalized spacial score (nSPS) is 25.8. The number of rotatable bonds is 4. The van der Waals surface area contributed by atoms with Gasteiger partial charge in [0.25, 0.3) is 0 Å². The fourth-order valence-corrected chi connectivity index (χ4v) is 2.45. The maximum absolute atomic E-state index is 11.9. The molecule has 0 amide bonds. The summed E-state index contributed by atoms with van der Waals surface area (Å²) >= 11 is 0. The summed E-state index contributed by atoms with van der Waals surface area (Å²) < 4.78 is 16.2. The van der Waals surface area contributed by atoms with Gasteiger partial charge in [0.15, 0.2) is 0 Å². The number of carbonyl (C=O) groups is 1. The molecule has 1 aromatic rings. The molecule has 1 aliphatic rings. The first-order chi connectivity index (χ1) is 9.65. The van der Waals surface area contributed by atoms with Crippen LogP contribution in [-0.2, 0) is 14.3 Å². The third kappa shape index (κ3) is 3.20. The van der Waals surface area contributed by atoms with Crippen molar-refractivity contribution in [1.82, 2.24) is 0 Å². The molecule has 0 aliphatic heterocycles. The molecule has 4 nitrogen and oxygen atoms in total. The Bertz CT molecular complexity index is 481. The lowest BCUT2D eigenvalue weighted by Crippen LogP contribution is -2.39. The predicted octanol–water partition coefficient (Wildman–Crippen LogP) is 2.59. The summed E-state index contributed by atoms with van der Waals surface area (Å²) in [5.74, 6) is 0.203. The van der Waals surface area contributed by atoms with E-state index < -0.39 is 0 Å². The van der Waals surface area contributed by atoms with Gasteiger partial charge in [-0.15, -0.1) is 0 Å². The quantitative estimate of drug-likeness (QED) is 0.626. The zero-order valence-corrected chi connectivity index (χ0v) is 12.0. The van der Waals surface area contributed by atoms with Gasteiger partial charge in [0.05, 0.1) is 19.1 Å². The first-order valence-corrected chi connectivity index (χ1v) is 6.66. The summed E-state index contributed by atoms with van der Waals surface area (Å²) in [6.45, 7) is 1.99. The second kappa shape index (κ2) is 6.57. The van der Waals surface area contributed by atoms with E-state index in [4.69, 9.17) is 14.2 Å². The van der Waals surface area contributed by atoms with Crippen LogP contribution < -0.4 is 4.74 Å². The minimum atomic E-state index is -0.331. The van der Waals surface area contributed by atoms with E-state index in [0.717, 1.165) is 11.3 Å². The fraction of sp³-hybridized carbons (Fsp3) is 0.438. The second-order valence-electron chi connectivity index (χ2n) is 4.90. The van der Waals surface area contributed by atoms with Crippen molar-refractivity contribution >= 4 is 5.97 Å². The Morgan fingerprint density at radius 2 is 1.90 bits per heavy atom. The lowest BCUT2D eigenvalue weighted by molar-refractivity contribution is -0.150. The van der Waals surface area contributed by atoms with Crippen molar-refractivity contribution < 1.29 is 19.0 Å². The predicted molar refractivity (Wildman–Crippen MR) is 75.5 cm³/mol. The molecule has 1 aromatic carbocycles. The minimum absolute atomic E-state index is 0.132. The average molecular weight is 276 g/mol. The van der Waals surface area contributed by atoms with Crippen LogP contribution in [0.25, 0.3) is 0 Å². The molecule has 0 saturated heterocycles. The van der Waals surface area contributed by atoms with Crippen LogP contribution in [-0.4, -0.2) is 32.4 Å². The van der Waals surface area contributed by atoms with Crippen LogP contribution in [0.1, 0.15) is 13.3 Å². The first-order valence-electron chi connectivity index (χ1n) is 6.66. The van der Waals surface area contributed by atoms with E-state index >= 15 is 0 Å². The van der Waals surface area contributed by atoms with Gasteiger partial charge in [-0.2, -0.15) is 0 Å². The number of carbonyl (C=O) groups excluding carboxylic acids is 1. The van der Waals surface area contributed by atoms with Crippen LogP contribution in [0.5, 0.6) is 5.75 Å². The van der Waals surface area contributed by atoms with Gasteiger partial charge in [-0.25, -0.2) is 0 Å². The monoisotopic (exact) mass is 276 g/mol. The van der Waals surface area contributed by atoms with Gasteiger partial charge in [0, 0.05) is 13.5 Å². The third-order valence-electron chi connectivity index (χ3n) is 3.60. The van der Waals surface area contributed by atoms with Crippen LogP contribution in [0.15, 0.2) is 42.0 Å². The minimum Gasteiger partial charge on any atom is -0.486 e. The standard InChI is InChI=1S/C16H20O4/c1-11-9-15(18-2)13(16(17)19-3)10-14(11)20-12-7-5-4-6-8-12/h4-9,13-15H,10H2,1-3H3/t13-,14-,15-/m0/s1. The Labute approximate surface area is 119 Å². The molecule has 0 heterocycles. The van der Waals surface area contributed by atoms with Gasteiger partial charge in [-0.1, -0.05) is 24.3 Å². The van der Waals surface area contributed by atoms with Crippen LogP contribution in [0.3, 0.4) is 0 Å². The molecule has 20 heavy (non-hydrogen) atoms. The number of hydrogen-bond donors (Lipinski definition) is 0. The van der Waals surface area contributed by atoms with Crippen molar-refractivity contribution in [3.05, 3.63) is 42.0 Å². The van der Waals surface area contributed by atoms with Gasteiger partial charge in [-0.05, 0) is 24.6 Å². The van der Waals surface area contributed by atoms with Gasteiger partial charge < -0.3 is 14.2 Å². The molecule has 4 heteroatoms. The largest absolute Gasteiger partial charge is 0.486 e. The molecule has 0 saturated carbocycles. The number of para-hydroxylation sites is 1. The Morgan fingerprint density at radius 3 is 2.50 bits per heavy atom. The maximum atomic E-state index is 11.9. The smallest absolute Gasteiger partial charge is 0.311 e. The number of ether oxygens (including phenoxy) is 3. The highest BCUT2D eigenvalue weighted by atomic mass is 16.5. The molecule has 1 aliphatic carbocycles. The summed E-state index contributed by atoms with van der Waals surface area (Å²) in [7, 11) is 3.00. The fourth-order valence-electron chi connectivity index (χ4n) is 2.45. The molecule has 0 aromatic heterocycles. The van der Waals surface area contributed by atoms with Crippen molar-refractivity contribution in [3.8, 4) is 5.75 Å². The first kappa shape index (κ1) is 14.6. The summed E-state index contributed by atoms with van der Waals surface area (Å²) in [4.78, 5) is 11.9. The topological polar surface area (TPSA) is 44.8 Å². The summed E-state index contributed by atoms with van der Waals surface area (Å²) in [5, 5.41) is 0. The third-order valence-corrected chi connectivity index (χ3v) is 3.60. The summed E-state index contributed by atoms with van der Waals surface area (Å²) in [6, 6.07) is 9.60. The Morgan fingerprint density at radius 1 is 1.20 bits per heavy atom. The highest BCUT2D eigenvalue weighted by molar-refractivity contribution is 5.74. The molecular formula is C16H20O4.